The predicted octanol–water partition coefficient (Wildman–Crippen LogP) is 7.83. The molecule has 0 amide bonds. The van der Waals surface area contributed by atoms with E-state index in [0.717, 1.165) is 55.3 Å². The van der Waals surface area contributed by atoms with Gasteiger partial charge in [-0.2, -0.15) is 5.10 Å². The normalized spacial score (nSPS) is 28.0. The van der Waals surface area contributed by atoms with Gasteiger partial charge in [-0.25, -0.2) is 4.68 Å². The van der Waals surface area contributed by atoms with Gasteiger partial charge < -0.3 is 9.84 Å². The minimum absolute atomic E-state index is 0.0677. The van der Waals surface area contributed by atoms with Crippen LogP contribution in [0.15, 0.2) is 84.6 Å². The molecule has 43 heavy (non-hydrogen) atoms. The van der Waals surface area contributed by atoms with Crippen molar-refractivity contribution in [3.8, 4) is 11.4 Å². The minimum atomic E-state index is -0.298. The van der Waals surface area contributed by atoms with Gasteiger partial charge >= 0.3 is 0 Å². The summed E-state index contributed by atoms with van der Waals surface area (Å²) in [7, 11) is 0. The molecule has 0 saturated heterocycles. The van der Waals surface area contributed by atoms with E-state index in [0.29, 0.717) is 24.2 Å². The molecular weight excluding hydrogens is 532 g/mol. The van der Waals surface area contributed by atoms with Crippen LogP contribution in [0.4, 0.5) is 0 Å². The number of ether oxygens (including phenoxy) is 1. The van der Waals surface area contributed by atoms with E-state index < -0.39 is 0 Å². The second kappa shape index (κ2) is 11.4. The van der Waals surface area contributed by atoms with E-state index in [1.165, 1.54) is 22.2 Å². The molecule has 1 aromatic heterocycles. The van der Waals surface area contributed by atoms with Crippen LogP contribution in [0, 0.1) is 29.1 Å². The van der Waals surface area contributed by atoms with Crippen molar-refractivity contribution in [2.75, 3.05) is 6.61 Å². The smallest absolute Gasteiger partial charge is 0.170 e. The number of aliphatic hydroxyl groups is 1. The third-order valence-electron chi connectivity index (χ3n) is 10.9. The molecule has 4 aromatic rings. The first-order valence-electron chi connectivity index (χ1n) is 16.1. The lowest BCUT2D eigenvalue weighted by molar-refractivity contribution is -0.121. The number of hydrogen-bond donors (Lipinski definition) is 1. The van der Waals surface area contributed by atoms with Crippen molar-refractivity contribution < 1.29 is 14.6 Å². The highest BCUT2D eigenvalue weighted by molar-refractivity contribution is 5.84. The average molecular weight is 575 g/mol. The number of hydrogen-bond acceptors (Lipinski definition) is 4. The first-order chi connectivity index (χ1) is 20.9. The van der Waals surface area contributed by atoms with Crippen molar-refractivity contribution in [3.05, 3.63) is 95.8 Å². The number of ketones is 1. The molecule has 6 unspecified atom stereocenters. The number of aromatic nitrogens is 2. The maximum atomic E-state index is 12.8. The molecule has 2 fully saturated rings. The van der Waals surface area contributed by atoms with Crippen molar-refractivity contribution in [1.29, 1.82) is 0 Å². The highest BCUT2D eigenvalue weighted by Gasteiger charge is 2.55. The molecule has 6 atom stereocenters. The van der Waals surface area contributed by atoms with E-state index in [9.17, 15) is 9.90 Å². The molecule has 2 saturated carbocycles. The van der Waals surface area contributed by atoms with Crippen molar-refractivity contribution in [2.45, 2.75) is 64.9 Å². The number of carbonyl (C=O) groups is 1. The van der Waals surface area contributed by atoms with Gasteiger partial charge in [0.2, 0.25) is 0 Å². The molecule has 0 radical (unpaired) electrons. The maximum absolute atomic E-state index is 12.8. The van der Waals surface area contributed by atoms with Crippen LogP contribution in [0.25, 0.3) is 22.5 Å². The van der Waals surface area contributed by atoms with E-state index >= 15 is 0 Å². The molecular formula is C38H42N2O3. The first-order valence-corrected chi connectivity index (χ1v) is 16.1. The maximum Gasteiger partial charge on any atom is 0.170 e. The minimum Gasteiger partial charge on any atom is -0.486 e. The Kier molecular flexibility index (Phi) is 7.46. The van der Waals surface area contributed by atoms with E-state index in [-0.39, 0.29) is 29.8 Å². The number of aliphatic hydroxyl groups excluding tert-OH is 1. The molecule has 1 heterocycles. The van der Waals surface area contributed by atoms with Gasteiger partial charge in [-0.15, -0.1) is 0 Å². The second-order valence-corrected chi connectivity index (χ2v) is 13.5. The summed E-state index contributed by atoms with van der Waals surface area (Å²) in [5.41, 5.74) is 4.95. The Morgan fingerprint density at radius 3 is 2.70 bits per heavy atom. The van der Waals surface area contributed by atoms with E-state index in [1.807, 2.05) is 42.6 Å². The molecule has 7 rings (SSSR count). The molecule has 3 aliphatic carbocycles. The van der Waals surface area contributed by atoms with E-state index in [2.05, 4.69) is 61.0 Å². The number of allylic oxidation sites excluding steroid dienone is 1. The fourth-order valence-corrected chi connectivity index (χ4v) is 8.80. The van der Waals surface area contributed by atoms with E-state index in [1.54, 1.807) is 0 Å². The number of rotatable bonds is 8. The summed E-state index contributed by atoms with van der Waals surface area (Å²) in [5.74, 6) is 2.58. The van der Waals surface area contributed by atoms with Gasteiger partial charge in [0, 0.05) is 6.42 Å². The number of Topliss-reactive ketones (excluding diaryl/α,β-unsaturated/α-hetero) is 1. The highest BCUT2D eigenvalue weighted by atomic mass is 16.5. The van der Waals surface area contributed by atoms with Crippen LogP contribution in [-0.4, -0.2) is 33.4 Å². The Balaban J connectivity index is 1.01. The van der Waals surface area contributed by atoms with Crippen molar-refractivity contribution in [3.63, 3.8) is 0 Å². The van der Waals surface area contributed by atoms with Crippen LogP contribution in [-0.2, 0) is 11.2 Å². The van der Waals surface area contributed by atoms with Crippen LogP contribution < -0.4 is 4.74 Å². The predicted molar refractivity (Wildman–Crippen MR) is 171 cm³/mol. The molecule has 1 N–H and O–H groups in total. The fourth-order valence-electron chi connectivity index (χ4n) is 8.80. The first kappa shape index (κ1) is 28.1. The zero-order valence-corrected chi connectivity index (χ0v) is 25.3. The topological polar surface area (TPSA) is 64.4 Å². The quantitative estimate of drug-likeness (QED) is 0.233. The van der Waals surface area contributed by atoms with Gasteiger partial charge in [-0.3, -0.25) is 4.79 Å². The molecule has 5 heteroatoms. The molecule has 0 bridgehead atoms. The summed E-state index contributed by atoms with van der Waals surface area (Å²) in [6.07, 6.45) is 10.5. The Bertz CT molecular complexity index is 1660. The van der Waals surface area contributed by atoms with Gasteiger partial charge in [0.15, 0.2) is 5.78 Å². The van der Waals surface area contributed by atoms with Gasteiger partial charge in [0.1, 0.15) is 12.4 Å². The lowest BCUT2D eigenvalue weighted by atomic mass is 9.48. The van der Waals surface area contributed by atoms with Crippen LogP contribution >= 0.6 is 0 Å². The summed E-state index contributed by atoms with van der Waals surface area (Å²) < 4.78 is 7.94. The Morgan fingerprint density at radius 1 is 1.07 bits per heavy atom. The largest absolute Gasteiger partial charge is 0.486 e. The summed E-state index contributed by atoms with van der Waals surface area (Å²) in [4.78, 5) is 12.8. The number of fused-ring (bicyclic) bond motifs is 5. The molecule has 5 nitrogen and oxygen atoms in total. The van der Waals surface area contributed by atoms with Crippen molar-refractivity contribution >= 4 is 22.6 Å². The molecule has 0 aliphatic heterocycles. The standard InChI is InChI=1S/C38H42N2O3/c1-25-19-36(42)37-34(33(25)14-8-13-31(41)24-43-32-17-15-26-9-6-7-10-27(26)20-32)18-16-29-21-35-28(22-38(29,37)2)23-39-40(35)30-11-4-3-5-12-30/h3-7,9-12,15,17,20-21,23,25,33-34,36-37,42H,8,13-14,16,18-19,22,24H2,1-2H3. The Hall–Kier alpha value is -3.70. The van der Waals surface area contributed by atoms with Gasteiger partial charge in [-0.1, -0.05) is 68.0 Å². The van der Waals surface area contributed by atoms with Gasteiger partial charge in [0.05, 0.1) is 23.7 Å². The second-order valence-electron chi connectivity index (χ2n) is 13.5. The van der Waals surface area contributed by atoms with Crippen molar-refractivity contribution in [1.82, 2.24) is 9.78 Å². The third kappa shape index (κ3) is 5.22. The van der Waals surface area contributed by atoms with Gasteiger partial charge in [0.25, 0.3) is 0 Å². The molecule has 222 valence electrons. The zero-order valence-electron chi connectivity index (χ0n) is 25.3. The van der Waals surface area contributed by atoms with E-state index in [4.69, 9.17) is 9.84 Å². The number of benzene rings is 3. The molecule has 0 spiro atoms. The summed E-state index contributed by atoms with van der Waals surface area (Å²) in [6.45, 7) is 4.82. The van der Waals surface area contributed by atoms with Crippen LogP contribution in [0.2, 0.25) is 0 Å². The van der Waals surface area contributed by atoms with Crippen LogP contribution in [0.3, 0.4) is 0 Å². The lowest BCUT2D eigenvalue weighted by Crippen LogP contribution is -2.54. The summed E-state index contributed by atoms with van der Waals surface area (Å²) in [6, 6.07) is 24.5. The van der Waals surface area contributed by atoms with Crippen molar-refractivity contribution in [2.24, 2.45) is 29.1 Å². The fraction of sp³-hybridized carbons (Fsp3) is 0.421. The number of nitrogens with zero attached hydrogens (tertiary/aromatic N) is 2. The molecule has 3 aromatic carbocycles. The molecule has 3 aliphatic rings. The summed E-state index contributed by atoms with van der Waals surface area (Å²) >= 11 is 0. The van der Waals surface area contributed by atoms with Gasteiger partial charge in [-0.05, 0) is 114 Å². The Labute approximate surface area is 254 Å². The van der Waals surface area contributed by atoms with Crippen LogP contribution in [0.1, 0.15) is 63.6 Å². The SMILES string of the molecule is CC1CC(O)C2C(CCC3=Cc4c(cnn4-c4ccccc4)CC32C)C1CCCC(=O)COc1ccc2ccccc2c1. The summed E-state index contributed by atoms with van der Waals surface area (Å²) in [5, 5.41) is 18.6. The number of carbonyl (C=O) groups excluding carboxylic acids is 1. The lowest BCUT2D eigenvalue weighted by Gasteiger charge is -2.57. The zero-order chi connectivity index (χ0) is 29.6. The highest BCUT2D eigenvalue weighted by Crippen LogP contribution is 2.60. The monoisotopic (exact) mass is 574 g/mol. The Morgan fingerprint density at radius 2 is 1.86 bits per heavy atom. The van der Waals surface area contributed by atoms with Crippen LogP contribution in [0.5, 0.6) is 5.75 Å². The number of para-hydroxylation sites is 1. The average Bonchev–Trinajstić information content (AvgIpc) is 3.42. The third-order valence-corrected chi connectivity index (χ3v) is 10.9.